The zero-order valence-corrected chi connectivity index (χ0v) is 10.9. The van der Waals surface area contributed by atoms with Gasteiger partial charge in [0, 0.05) is 28.4 Å². The highest BCUT2D eigenvalue weighted by Crippen LogP contribution is 2.24. The van der Waals surface area contributed by atoms with Gasteiger partial charge in [0.15, 0.2) is 5.76 Å². The van der Waals surface area contributed by atoms with Gasteiger partial charge in [-0.25, -0.2) is 0 Å². The molecule has 0 aliphatic heterocycles. The molecule has 0 amide bonds. The van der Waals surface area contributed by atoms with E-state index in [0.29, 0.717) is 21.9 Å². The van der Waals surface area contributed by atoms with Crippen LogP contribution in [0.5, 0.6) is 0 Å². The van der Waals surface area contributed by atoms with Crippen molar-refractivity contribution < 1.29 is 9.21 Å². The molecule has 19 heavy (non-hydrogen) atoms. The minimum absolute atomic E-state index is 0.177. The van der Waals surface area contributed by atoms with Gasteiger partial charge in [-0.05, 0) is 42.8 Å². The second-order valence-corrected chi connectivity index (χ2v) is 4.81. The van der Waals surface area contributed by atoms with E-state index >= 15 is 0 Å². The van der Waals surface area contributed by atoms with Gasteiger partial charge in [-0.3, -0.25) is 9.78 Å². The Morgan fingerprint density at radius 3 is 2.84 bits per heavy atom. The lowest BCUT2D eigenvalue weighted by atomic mass is 10.1. The number of carbonyl (C=O) groups is 1. The molecule has 3 nitrogen and oxygen atoms in total. The molecule has 0 fully saturated rings. The number of rotatable bonds is 2. The van der Waals surface area contributed by atoms with E-state index in [-0.39, 0.29) is 5.78 Å². The number of ketones is 1. The summed E-state index contributed by atoms with van der Waals surface area (Å²) in [7, 11) is 0. The van der Waals surface area contributed by atoms with Crippen LogP contribution in [0, 0.1) is 6.92 Å². The normalized spacial score (nSPS) is 10.8. The molecule has 0 spiro atoms. The minimum Gasteiger partial charge on any atom is -0.453 e. The molecule has 0 saturated heterocycles. The van der Waals surface area contributed by atoms with Gasteiger partial charge in [0.2, 0.25) is 5.78 Å². The Morgan fingerprint density at radius 2 is 2.05 bits per heavy atom. The number of hydrogen-bond donors (Lipinski definition) is 0. The zero-order chi connectivity index (χ0) is 13.4. The van der Waals surface area contributed by atoms with E-state index in [4.69, 9.17) is 16.0 Å². The summed E-state index contributed by atoms with van der Waals surface area (Å²) in [5.41, 5.74) is 2.10. The van der Waals surface area contributed by atoms with Crippen molar-refractivity contribution in [2.75, 3.05) is 0 Å². The van der Waals surface area contributed by atoms with Crippen LogP contribution in [-0.2, 0) is 0 Å². The van der Waals surface area contributed by atoms with Gasteiger partial charge < -0.3 is 4.42 Å². The van der Waals surface area contributed by atoms with E-state index in [1.807, 2.05) is 6.92 Å². The van der Waals surface area contributed by atoms with Crippen LogP contribution < -0.4 is 0 Å². The Morgan fingerprint density at radius 1 is 1.21 bits per heavy atom. The first-order chi connectivity index (χ1) is 9.13. The highest BCUT2D eigenvalue weighted by Gasteiger charge is 2.15. The molecule has 0 saturated carbocycles. The topological polar surface area (TPSA) is 43.1 Å². The van der Waals surface area contributed by atoms with Gasteiger partial charge in [0.25, 0.3) is 0 Å². The smallest absolute Gasteiger partial charge is 0.229 e. The molecular weight excluding hydrogens is 262 g/mol. The highest BCUT2D eigenvalue weighted by atomic mass is 35.5. The van der Waals surface area contributed by atoms with E-state index in [2.05, 4.69) is 4.98 Å². The maximum Gasteiger partial charge on any atom is 0.229 e. The van der Waals surface area contributed by atoms with Crippen molar-refractivity contribution in [3.63, 3.8) is 0 Å². The van der Waals surface area contributed by atoms with Crippen molar-refractivity contribution in [3.05, 3.63) is 64.6 Å². The summed E-state index contributed by atoms with van der Waals surface area (Å²) in [6, 6.07) is 8.74. The number of pyridine rings is 1. The second-order valence-electron chi connectivity index (χ2n) is 4.37. The van der Waals surface area contributed by atoms with Gasteiger partial charge in [-0.15, -0.1) is 0 Å². The number of aromatic nitrogens is 1. The van der Waals surface area contributed by atoms with Crippen molar-refractivity contribution in [1.29, 1.82) is 0 Å². The predicted molar refractivity (Wildman–Crippen MR) is 73.6 cm³/mol. The molecule has 3 rings (SSSR count). The maximum atomic E-state index is 12.3. The molecule has 1 aromatic carbocycles. The number of fused-ring (bicyclic) bond motifs is 1. The molecule has 0 unspecified atom stereocenters. The van der Waals surface area contributed by atoms with Crippen LogP contribution in [0.25, 0.3) is 11.0 Å². The van der Waals surface area contributed by atoms with Crippen LogP contribution >= 0.6 is 11.6 Å². The molecule has 0 atom stereocenters. The largest absolute Gasteiger partial charge is 0.453 e. The molecule has 0 aliphatic carbocycles. The molecule has 2 heterocycles. The summed E-state index contributed by atoms with van der Waals surface area (Å²) < 4.78 is 5.54. The van der Waals surface area contributed by atoms with Crippen molar-refractivity contribution in [2.24, 2.45) is 0 Å². The molecule has 3 aromatic rings. The molecule has 0 bridgehead atoms. The number of benzene rings is 1. The third kappa shape index (κ3) is 2.25. The number of nitrogens with zero attached hydrogens (tertiary/aromatic N) is 1. The fourth-order valence-electron chi connectivity index (χ4n) is 1.95. The van der Waals surface area contributed by atoms with Crippen LogP contribution in [-0.4, -0.2) is 10.8 Å². The monoisotopic (exact) mass is 271 g/mol. The van der Waals surface area contributed by atoms with Crippen LogP contribution in [0.4, 0.5) is 0 Å². The van der Waals surface area contributed by atoms with E-state index in [9.17, 15) is 4.79 Å². The average molecular weight is 272 g/mol. The third-order valence-electron chi connectivity index (χ3n) is 2.84. The van der Waals surface area contributed by atoms with Gasteiger partial charge in [-0.1, -0.05) is 11.6 Å². The summed E-state index contributed by atoms with van der Waals surface area (Å²) >= 11 is 5.91. The number of carbonyl (C=O) groups excluding carboxylic acids is 1. The van der Waals surface area contributed by atoms with E-state index in [1.54, 1.807) is 36.5 Å². The molecule has 0 radical (unpaired) electrons. The molecule has 0 aliphatic rings. The summed E-state index contributed by atoms with van der Waals surface area (Å²) in [5.74, 6) is 0.119. The van der Waals surface area contributed by atoms with E-state index < -0.39 is 0 Å². The van der Waals surface area contributed by atoms with Crippen LogP contribution in [0.2, 0.25) is 5.02 Å². The SMILES string of the molecule is Cc1cncc(C(=O)c2cc3cc(Cl)ccc3o2)c1. The van der Waals surface area contributed by atoms with E-state index in [1.165, 1.54) is 6.20 Å². The summed E-state index contributed by atoms with van der Waals surface area (Å²) in [5, 5.41) is 1.43. The molecule has 94 valence electrons. The Bertz CT molecular complexity index is 777. The molecule has 4 heteroatoms. The maximum absolute atomic E-state index is 12.3. The minimum atomic E-state index is -0.177. The highest BCUT2D eigenvalue weighted by molar-refractivity contribution is 6.31. The van der Waals surface area contributed by atoms with Crippen molar-refractivity contribution >= 4 is 28.4 Å². The average Bonchev–Trinajstić information content (AvgIpc) is 2.80. The van der Waals surface area contributed by atoms with Gasteiger partial charge in [0.1, 0.15) is 5.58 Å². The first-order valence-electron chi connectivity index (χ1n) is 5.79. The van der Waals surface area contributed by atoms with Crippen LogP contribution in [0.3, 0.4) is 0 Å². The van der Waals surface area contributed by atoms with Gasteiger partial charge in [0.05, 0.1) is 0 Å². The first kappa shape index (κ1) is 11.9. The summed E-state index contributed by atoms with van der Waals surface area (Å²) in [4.78, 5) is 16.3. The van der Waals surface area contributed by atoms with Crippen molar-refractivity contribution in [2.45, 2.75) is 6.92 Å². The molecule has 2 aromatic heterocycles. The Hall–Kier alpha value is -2.13. The zero-order valence-electron chi connectivity index (χ0n) is 10.2. The van der Waals surface area contributed by atoms with Gasteiger partial charge in [-0.2, -0.15) is 0 Å². The first-order valence-corrected chi connectivity index (χ1v) is 6.17. The summed E-state index contributed by atoms with van der Waals surface area (Å²) in [6.45, 7) is 1.89. The quantitative estimate of drug-likeness (QED) is 0.661. The number of furan rings is 1. The summed E-state index contributed by atoms with van der Waals surface area (Å²) in [6.07, 6.45) is 3.24. The van der Waals surface area contributed by atoms with E-state index in [0.717, 1.165) is 10.9 Å². The number of hydrogen-bond acceptors (Lipinski definition) is 3. The third-order valence-corrected chi connectivity index (χ3v) is 3.07. The fourth-order valence-corrected chi connectivity index (χ4v) is 2.13. The molecular formula is C15H10ClNO2. The Labute approximate surface area is 114 Å². The van der Waals surface area contributed by atoms with Crippen molar-refractivity contribution in [1.82, 2.24) is 4.98 Å². The lowest BCUT2D eigenvalue weighted by molar-refractivity contribution is 0.101. The predicted octanol–water partition coefficient (Wildman–Crippen LogP) is 4.02. The Kier molecular flexibility index (Phi) is 2.84. The van der Waals surface area contributed by atoms with Gasteiger partial charge >= 0.3 is 0 Å². The molecule has 0 N–H and O–H groups in total. The van der Waals surface area contributed by atoms with Crippen molar-refractivity contribution in [3.8, 4) is 0 Å². The lowest BCUT2D eigenvalue weighted by Crippen LogP contribution is -2.00. The Balaban J connectivity index is 2.06. The lowest BCUT2D eigenvalue weighted by Gasteiger charge is -1.97. The number of halogens is 1. The fraction of sp³-hybridized carbons (Fsp3) is 0.0667. The standard InChI is InChI=1S/C15H10ClNO2/c1-9-4-11(8-17-7-9)15(18)14-6-10-5-12(16)2-3-13(10)19-14/h2-8H,1H3. The second kappa shape index (κ2) is 4.52. The van der Waals surface area contributed by atoms with Crippen LogP contribution in [0.15, 0.2) is 47.1 Å². The number of aryl methyl sites for hydroxylation is 1. The van der Waals surface area contributed by atoms with Crippen LogP contribution in [0.1, 0.15) is 21.7 Å².